The first-order valence-electron chi connectivity index (χ1n) is 9.61. The van der Waals surface area contributed by atoms with Crippen LogP contribution < -0.4 is 5.32 Å². The molecule has 0 radical (unpaired) electrons. The lowest BCUT2D eigenvalue weighted by Crippen LogP contribution is -2.43. The zero-order valence-corrected chi connectivity index (χ0v) is 21.3. The van der Waals surface area contributed by atoms with Crippen LogP contribution in [0.2, 0.25) is 5.02 Å². The third kappa shape index (κ3) is 10.2. The fraction of sp³-hybridized carbons (Fsp3) is 0.600. The molecule has 0 spiro atoms. The predicted octanol–water partition coefficient (Wildman–Crippen LogP) is 3.44. The molecule has 0 aliphatic carbocycles. The monoisotopic (exact) mass is 554 g/mol. The lowest BCUT2D eigenvalue weighted by atomic mass is 10.00. The first-order valence-corrected chi connectivity index (χ1v) is 11.0. The van der Waals surface area contributed by atoms with Gasteiger partial charge in [0.15, 0.2) is 5.96 Å². The van der Waals surface area contributed by atoms with Crippen molar-refractivity contribution in [3.8, 4) is 0 Å². The van der Waals surface area contributed by atoms with Gasteiger partial charge in [0.05, 0.1) is 0 Å². The summed E-state index contributed by atoms with van der Waals surface area (Å²) in [7, 11) is 5.53. The molecule has 1 aromatic rings. The SMILES string of the molecule is CN(C)C(=O)CN=C(NCCSc1ccc(Cl)cc1)N(C)CC1CCOCC1.I. The Morgan fingerprint density at radius 2 is 1.90 bits per heavy atom. The topological polar surface area (TPSA) is 57.2 Å². The number of hydrogen-bond acceptors (Lipinski definition) is 4. The van der Waals surface area contributed by atoms with Gasteiger partial charge in [-0.3, -0.25) is 4.79 Å². The van der Waals surface area contributed by atoms with Crippen LogP contribution in [0.4, 0.5) is 0 Å². The first-order chi connectivity index (χ1) is 13.5. The third-order valence-corrected chi connectivity index (χ3v) is 5.83. The van der Waals surface area contributed by atoms with Gasteiger partial charge in [-0.05, 0) is 43.0 Å². The Kier molecular flexibility index (Phi) is 13.0. The van der Waals surface area contributed by atoms with Gasteiger partial charge in [0.25, 0.3) is 0 Å². The number of aliphatic imine (C=N–C) groups is 1. The molecule has 9 heteroatoms. The van der Waals surface area contributed by atoms with Crippen molar-refractivity contribution in [1.82, 2.24) is 15.1 Å². The molecule has 6 nitrogen and oxygen atoms in total. The third-order valence-electron chi connectivity index (χ3n) is 4.56. The molecule has 0 atom stereocenters. The van der Waals surface area contributed by atoms with Crippen molar-refractivity contribution in [3.05, 3.63) is 29.3 Å². The average Bonchev–Trinajstić information content (AvgIpc) is 2.69. The highest BCUT2D eigenvalue weighted by Gasteiger charge is 2.18. The predicted molar refractivity (Wildman–Crippen MR) is 133 cm³/mol. The van der Waals surface area contributed by atoms with Crippen LogP contribution in [0.25, 0.3) is 0 Å². The molecule has 0 saturated carbocycles. The molecule has 1 heterocycles. The van der Waals surface area contributed by atoms with Crippen molar-refractivity contribution in [3.63, 3.8) is 0 Å². The highest BCUT2D eigenvalue weighted by Crippen LogP contribution is 2.20. The van der Waals surface area contributed by atoms with E-state index in [1.807, 2.05) is 31.3 Å². The Balaban J connectivity index is 0.00000420. The molecule has 1 fully saturated rings. The summed E-state index contributed by atoms with van der Waals surface area (Å²) in [6, 6.07) is 7.85. The molecule has 164 valence electrons. The zero-order chi connectivity index (χ0) is 20.4. The van der Waals surface area contributed by atoms with E-state index in [0.717, 1.165) is 55.9 Å². The first kappa shape index (κ1) is 26.3. The fourth-order valence-corrected chi connectivity index (χ4v) is 3.76. The Hall–Kier alpha value is -0.710. The number of benzene rings is 1. The minimum atomic E-state index is -0.00527. The molecular weight excluding hydrogens is 523 g/mol. The van der Waals surface area contributed by atoms with Gasteiger partial charge in [-0.1, -0.05) is 11.6 Å². The molecular formula is C20H32ClIN4O2S. The maximum absolute atomic E-state index is 11.9. The summed E-state index contributed by atoms with van der Waals surface area (Å²) in [6.07, 6.45) is 2.14. The lowest BCUT2D eigenvalue weighted by molar-refractivity contribution is -0.127. The highest BCUT2D eigenvalue weighted by molar-refractivity contribution is 14.0. The van der Waals surface area contributed by atoms with Crippen LogP contribution >= 0.6 is 47.3 Å². The van der Waals surface area contributed by atoms with Gasteiger partial charge in [-0.25, -0.2) is 4.99 Å². The molecule has 0 unspecified atom stereocenters. The van der Waals surface area contributed by atoms with Crippen LogP contribution in [0.3, 0.4) is 0 Å². The lowest BCUT2D eigenvalue weighted by Gasteiger charge is -2.29. The summed E-state index contributed by atoms with van der Waals surface area (Å²) in [4.78, 5) is 21.4. The molecule has 29 heavy (non-hydrogen) atoms. The van der Waals surface area contributed by atoms with Gasteiger partial charge >= 0.3 is 0 Å². The zero-order valence-electron chi connectivity index (χ0n) is 17.4. The standard InChI is InChI=1S/C20H31ClN4O2S.HI/c1-24(2)19(26)14-23-20(25(3)15-16-8-11-27-12-9-16)22-10-13-28-18-6-4-17(21)5-7-18;/h4-7,16H,8-15H2,1-3H3,(H,22,23);1H. The molecule has 1 amide bonds. The Labute approximate surface area is 200 Å². The molecule has 1 N–H and O–H groups in total. The van der Waals surface area contributed by atoms with Crippen LogP contribution in [0.15, 0.2) is 34.2 Å². The van der Waals surface area contributed by atoms with E-state index in [2.05, 4.69) is 15.2 Å². The van der Waals surface area contributed by atoms with E-state index in [-0.39, 0.29) is 36.4 Å². The van der Waals surface area contributed by atoms with Crippen molar-refractivity contribution in [2.75, 3.05) is 59.7 Å². The number of guanidine groups is 1. The van der Waals surface area contributed by atoms with Crippen molar-refractivity contribution in [1.29, 1.82) is 0 Å². The number of carbonyl (C=O) groups excluding carboxylic acids is 1. The number of halogens is 2. The normalized spacial score (nSPS) is 14.8. The van der Waals surface area contributed by atoms with Gasteiger partial charge < -0.3 is 19.9 Å². The summed E-state index contributed by atoms with van der Waals surface area (Å²) in [5.74, 6) is 2.26. The number of nitrogens with zero attached hydrogens (tertiary/aromatic N) is 3. The summed E-state index contributed by atoms with van der Waals surface area (Å²) >= 11 is 7.69. The van der Waals surface area contributed by atoms with Crippen molar-refractivity contribution < 1.29 is 9.53 Å². The van der Waals surface area contributed by atoms with Crippen molar-refractivity contribution in [2.45, 2.75) is 17.7 Å². The molecule has 1 saturated heterocycles. The Bertz CT molecular complexity index is 640. The van der Waals surface area contributed by atoms with Gasteiger partial charge in [-0.15, -0.1) is 35.7 Å². The number of ether oxygens (including phenoxy) is 1. The number of thioether (sulfide) groups is 1. The minimum Gasteiger partial charge on any atom is -0.381 e. The number of likely N-dealkylation sites (N-methyl/N-ethyl adjacent to an activating group) is 1. The quantitative estimate of drug-likeness (QED) is 0.175. The Morgan fingerprint density at radius 1 is 1.24 bits per heavy atom. The number of carbonyl (C=O) groups is 1. The molecule has 0 aromatic heterocycles. The Morgan fingerprint density at radius 3 is 2.52 bits per heavy atom. The number of hydrogen-bond donors (Lipinski definition) is 1. The molecule has 0 bridgehead atoms. The van der Waals surface area contributed by atoms with E-state index in [1.165, 1.54) is 4.90 Å². The summed E-state index contributed by atoms with van der Waals surface area (Å²) in [5, 5.41) is 4.16. The highest BCUT2D eigenvalue weighted by atomic mass is 127. The van der Waals surface area contributed by atoms with Crippen molar-refractivity contribution in [2.24, 2.45) is 10.9 Å². The van der Waals surface area contributed by atoms with Gasteiger partial charge in [0, 0.05) is 63.1 Å². The maximum Gasteiger partial charge on any atom is 0.243 e. The van der Waals surface area contributed by atoms with E-state index >= 15 is 0 Å². The van der Waals surface area contributed by atoms with Gasteiger partial charge in [0.1, 0.15) is 6.54 Å². The minimum absolute atomic E-state index is 0. The van der Waals surface area contributed by atoms with Crippen LogP contribution in [0, 0.1) is 5.92 Å². The van der Waals surface area contributed by atoms with E-state index in [4.69, 9.17) is 16.3 Å². The number of rotatable bonds is 8. The molecule has 2 rings (SSSR count). The summed E-state index contributed by atoms with van der Waals surface area (Å²) < 4.78 is 5.45. The van der Waals surface area contributed by atoms with E-state index < -0.39 is 0 Å². The average molecular weight is 555 g/mol. The summed E-state index contributed by atoms with van der Waals surface area (Å²) in [6.45, 7) is 3.48. The van der Waals surface area contributed by atoms with Crippen molar-refractivity contribution >= 4 is 59.2 Å². The van der Waals surface area contributed by atoms with E-state index in [9.17, 15) is 4.79 Å². The largest absolute Gasteiger partial charge is 0.381 e. The van der Waals surface area contributed by atoms with Crippen LogP contribution in [-0.4, -0.2) is 81.4 Å². The maximum atomic E-state index is 11.9. The summed E-state index contributed by atoms with van der Waals surface area (Å²) in [5.41, 5.74) is 0. The van der Waals surface area contributed by atoms with Crippen LogP contribution in [0.5, 0.6) is 0 Å². The van der Waals surface area contributed by atoms with E-state index in [1.54, 1.807) is 30.8 Å². The molecule has 1 aliphatic heterocycles. The molecule has 1 aromatic carbocycles. The van der Waals surface area contributed by atoms with Gasteiger partial charge in [0.2, 0.25) is 5.91 Å². The van der Waals surface area contributed by atoms with Crippen LogP contribution in [-0.2, 0) is 9.53 Å². The molecule has 1 aliphatic rings. The van der Waals surface area contributed by atoms with E-state index in [0.29, 0.717) is 5.92 Å². The second-order valence-electron chi connectivity index (χ2n) is 7.09. The second-order valence-corrected chi connectivity index (χ2v) is 8.70. The van der Waals surface area contributed by atoms with Gasteiger partial charge in [-0.2, -0.15) is 0 Å². The number of nitrogens with one attached hydrogen (secondary N) is 1. The second kappa shape index (κ2) is 14.3. The van der Waals surface area contributed by atoms with Crippen LogP contribution in [0.1, 0.15) is 12.8 Å². The number of amides is 1. The fourth-order valence-electron chi connectivity index (χ4n) is 2.86. The smallest absolute Gasteiger partial charge is 0.243 e.